The molecule has 40 heavy (non-hydrogen) atoms. The molecule has 0 aliphatic rings. The zero-order valence-corrected chi connectivity index (χ0v) is 23.9. The summed E-state index contributed by atoms with van der Waals surface area (Å²) in [6.45, 7) is 8.44. The molecule has 0 unspecified atom stereocenters. The number of nitrogens with one attached hydrogen (secondary N) is 5. The van der Waals surface area contributed by atoms with E-state index in [0.29, 0.717) is 45.6 Å². The van der Waals surface area contributed by atoms with Gasteiger partial charge in [0.25, 0.3) is 0 Å². The zero-order chi connectivity index (χ0) is 29.1. The Hall–Kier alpha value is -3.29. The van der Waals surface area contributed by atoms with Gasteiger partial charge >= 0.3 is 0 Å². The van der Waals surface area contributed by atoms with Crippen LogP contribution in [0.5, 0.6) is 0 Å². The monoisotopic (exact) mass is 563 g/mol. The van der Waals surface area contributed by atoms with Crippen molar-refractivity contribution in [2.45, 2.75) is 58.9 Å². The highest BCUT2D eigenvalue weighted by Crippen LogP contribution is 2.20. The van der Waals surface area contributed by atoms with Gasteiger partial charge in [-0.3, -0.25) is 14.4 Å². The molecule has 2 heterocycles. The third-order valence-electron chi connectivity index (χ3n) is 6.13. The summed E-state index contributed by atoms with van der Waals surface area (Å²) in [6, 6.07) is -0.440. The lowest BCUT2D eigenvalue weighted by molar-refractivity contribution is -0.132. The molecule has 0 fully saturated rings. The minimum Gasteiger partial charge on any atom is -0.382 e. The van der Waals surface area contributed by atoms with Crippen LogP contribution < -0.4 is 16.0 Å². The summed E-state index contributed by atoms with van der Waals surface area (Å²) in [5.74, 6) is -0.387. The standard InChI is InChI=1S/C27H45N7O6/c1-4-38-14-9-27(2,3)26(37)34-23(17-39-12-7-24(35)30-10-5-21-15-28-19-32-21)18-40-13-8-25(36)31-11-6-22-16-29-20-33-22/h15-16,19-20,23H,4-14,17-18H2,1-3H3,(H,28,32)(H,29,33)(H,30,35)(H,31,36)(H,34,37). The summed E-state index contributed by atoms with van der Waals surface area (Å²) in [7, 11) is 0. The number of nitrogens with zero attached hydrogens (tertiary/aromatic N) is 2. The zero-order valence-electron chi connectivity index (χ0n) is 23.9. The molecule has 0 atom stereocenters. The number of ether oxygens (including phenoxy) is 3. The number of hydrogen-bond donors (Lipinski definition) is 5. The molecule has 2 rings (SSSR count). The van der Waals surface area contributed by atoms with Crippen molar-refractivity contribution in [2.75, 3.05) is 52.7 Å². The number of amides is 3. The van der Waals surface area contributed by atoms with Gasteiger partial charge in [0.05, 0.1) is 56.5 Å². The van der Waals surface area contributed by atoms with Crippen LogP contribution in [0.25, 0.3) is 0 Å². The largest absolute Gasteiger partial charge is 0.382 e. The number of imidazole rings is 2. The Kier molecular flexibility index (Phi) is 15.6. The highest BCUT2D eigenvalue weighted by atomic mass is 16.5. The highest BCUT2D eigenvalue weighted by Gasteiger charge is 2.29. The summed E-state index contributed by atoms with van der Waals surface area (Å²) in [5, 5.41) is 8.67. The number of carbonyl (C=O) groups is 3. The number of aromatic nitrogens is 4. The third-order valence-corrected chi connectivity index (χ3v) is 6.13. The van der Waals surface area contributed by atoms with Gasteiger partial charge in [0, 0.05) is 69.8 Å². The van der Waals surface area contributed by atoms with Gasteiger partial charge in [0.1, 0.15) is 0 Å². The molecule has 2 aromatic rings. The Morgan fingerprint density at radius 3 is 1.82 bits per heavy atom. The summed E-state index contributed by atoms with van der Waals surface area (Å²) in [6.07, 6.45) is 9.02. The van der Waals surface area contributed by atoms with E-state index in [-0.39, 0.29) is 57.0 Å². The van der Waals surface area contributed by atoms with Crippen LogP contribution in [-0.2, 0) is 41.4 Å². The molecule has 0 radical (unpaired) electrons. The first-order valence-corrected chi connectivity index (χ1v) is 13.8. The van der Waals surface area contributed by atoms with Crippen LogP contribution in [0.1, 0.15) is 51.4 Å². The summed E-state index contributed by atoms with van der Waals surface area (Å²) in [5.41, 5.74) is 1.12. The van der Waals surface area contributed by atoms with Gasteiger partial charge in [-0.2, -0.15) is 0 Å². The molecule has 0 aliphatic heterocycles. The van der Waals surface area contributed by atoms with Crippen LogP contribution in [-0.4, -0.2) is 96.4 Å². The lowest BCUT2D eigenvalue weighted by Gasteiger charge is -2.27. The summed E-state index contributed by atoms with van der Waals surface area (Å²) < 4.78 is 16.8. The minimum absolute atomic E-state index is 0.122. The predicted octanol–water partition coefficient (Wildman–Crippen LogP) is 0.901. The van der Waals surface area contributed by atoms with Crippen LogP contribution in [0, 0.1) is 5.41 Å². The molecule has 0 spiro atoms. The van der Waals surface area contributed by atoms with E-state index in [1.54, 1.807) is 25.0 Å². The molecule has 13 heteroatoms. The number of hydrogen-bond acceptors (Lipinski definition) is 8. The molecule has 0 saturated heterocycles. The topological polar surface area (TPSA) is 172 Å². The SMILES string of the molecule is CCOCCC(C)(C)C(=O)NC(COCCC(=O)NCCc1c[nH]cn1)COCCC(=O)NCCc1c[nH]cn1. The molecular formula is C27H45N7O6. The van der Waals surface area contributed by atoms with Crippen molar-refractivity contribution in [3.05, 3.63) is 36.4 Å². The number of H-pyrrole nitrogens is 2. The Balaban J connectivity index is 1.71. The fourth-order valence-electron chi connectivity index (χ4n) is 3.57. The predicted molar refractivity (Wildman–Crippen MR) is 148 cm³/mol. The Labute approximate surface area is 235 Å². The van der Waals surface area contributed by atoms with Gasteiger partial charge < -0.3 is 40.1 Å². The maximum Gasteiger partial charge on any atom is 0.226 e. The van der Waals surface area contributed by atoms with Gasteiger partial charge in [0.15, 0.2) is 0 Å². The molecule has 0 aliphatic carbocycles. The molecule has 0 aromatic carbocycles. The smallest absolute Gasteiger partial charge is 0.226 e. The van der Waals surface area contributed by atoms with Crippen LogP contribution >= 0.6 is 0 Å². The quantitative estimate of drug-likeness (QED) is 0.131. The van der Waals surface area contributed by atoms with E-state index in [1.807, 2.05) is 20.8 Å². The molecule has 0 bridgehead atoms. The van der Waals surface area contributed by atoms with Crippen molar-refractivity contribution in [3.8, 4) is 0 Å². The van der Waals surface area contributed by atoms with Crippen molar-refractivity contribution in [2.24, 2.45) is 5.41 Å². The third kappa shape index (κ3) is 14.2. The summed E-state index contributed by atoms with van der Waals surface area (Å²) >= 11 is 0. The van der Waals surface area contributed by atoms with E-state index in [1.165, 1.54) is 0 Å². The van der Waals surface area contributed by atoms with E-state index in [4.69, 9.17) is 14.2 Å². The molecule has 5 N–H and O–H groups in total. The first kappa shape index (κ1) is 32.9. The lowest BCUT2D eigenvalue weighted by atomic mass is 9.88. The number of aromatic amines is 2. The number of carbonyl (C=O) groups excluding carboxylic acids is 3. The average molecular weight is 564 g/mol. The van der Waals surface area contributed by atoms with Gasteiger partial charge in [-0.1, -0.05) is 13.8 Å². The van der Waals surface area contributed by atoms with E-state index >= 15 is 0 Å². The Morgan fingerprint density at radius 2 is 1.38 bits per heavy atom. The molecule has 13 nitrogen and oxygen atoms in total. The van der Waals surface area contributed by atoms with Crippen molar-refractivity contribution < 1.29 is 28.6 Å². The second-order valence-electron chi connectivity index (χ2n) is 9.97. The summed E-state index contributed by atoms with van der Waals surface area (Å²) in [4.78, 5) is 51.2. The molecule has 3 amide bonds. The Morgan fingerprint density at radius 1 is 0.850 bits per heavy atom. The molecule has 224 valence electrons. The van der Waals surface area contributed by atoms with Crippen molar-refractivity contribution in [1.82, 2.24) is 35.9 Å². The minimum atomic E-state index is -0.643. The van der Waals surface area contributed by atoms with E-state index in [0.717, 1.165) is 11.4 Å². The lowest BCUT2D eigenvalue weighted by Crippen LogP contribution is -2.47. The normalized spacial score (nSPS) is 11.5. The van der Waals surface area contributed by atoms with Crippen LogP contribution in [0.4, 0.5) is 0 Å². The fourth-order valence-corrected chi connectivity index (χ4v) is 3.57. The van der Waals surface area contributed by atoms with Gasteiger partial charge in [-0.05, 0) is 13.3 Å². The highest BCUT2D eigenvalue weighted by molar-refractivity contribution is 5.82. The maximum absolute atomic E-state index is 13.0. The second kappa shape index (κ2) is 18.9. The van der Waals surface area contributed by atoms with E-state index in [2.05, 4.69) is 35.9 Å². The second-order valence-corrected chi connectivity index (χ2v) is 9.97. The molecule has 2 aromatic heterocycles. The first-order valence-electron chi connectivity index (χ1n) is 13.8. The molecule has 0 saturated carbocycles. The van der Waals surface area contributed by atoms with Crippen LogP contribution in [0.15, 0.2) is 25.0 Å². The van der Waals surface area contributed by atoms with Gasteiger partial charge in [-0.15, -0.1) is 0 Å². The number of rotatable bonds is 22. The van der Waals surface area contributed by atoms with Crippen molar-refractivity contribution in [1.29, 1.82) is 0 Å². The van der Waals surface area contributed by atoms with Crippen molar-refractivity contribution in [3.63, 3.8) is 0 Å². The van der Waals surface area contributed by atoms with Crippen LogP contribution in [0.2, 0.25) is 0 Å². The van der Waals surface area contributed by atoms with E-state index < -0.39 is 11.5 Å². The Bertz CT molecular complexity index is 906. The van der Waals surface area contributed by atoms with E-state index in [9.17, 15) is 14.4 Å². The van der Waals surface area contributed by atoms with Crippen molar-refractivity contribution >= 4 is 17.7 Å². The average Bonchev–Trinajstić information content (AvgIpc) is 3.63. The first-order chi connectivity index (χ1) is 19.3. The van der Waals surface area contributed by atoms with Gasteiger partial charge in [0.2, 0.25) is 17.7 Å². The molecular weight excluding hydrogens is 518 g/mol. The van der Waals surface area contributed by atoms with Gasteiger partial charge in [-0.25, -0.2) is 9.97 Å². The van der Waals surface area contributed by atoms with Crippen LogP contribution in [0.3, 0.4) is 0 Å². The maximum atomic E-state index is 13.0. The fraction of sp³-hybridized carbons (Fsp3) is 0.667.